The van der Waals surface area contributed by atoms with E-state index in [-0.39, 0.29) is 12.5 Å². The Morgan fingerprint density at radius 3 is 2.44 bits per heavy atom. The first kappa shape index (κ1) is 19.2. The van der Waals surface area contributed by atoms with Crippen LogP contribution in [0.15, 0.2) is 40.9 Å². The van der Waals surface area contributed by atoms with Crippen LogP contribution < -0.4 is 14.8 Å². The summed E-state index contributed by atoms with van der Waals surface area (Å²) in [5, 5.41) is 2.84. The number of aryl methyl sites for hydroxylation is 1. The van der Waals surface area contributed by atoms with Gasteiger partial charge in [-0.05, 0) is 52.5 Å². The van der Waals surface area contributed by atoms with Crippen LogP contribution in [0.25, 0.3) is 0 Å². The molecule has 3 amide bonds. The van der Waals surface area contributed by atoms with Gasteiger partial charge < -0.3 is 14.8 Å². The lowest BCUT2D eigenvalue weighted by molar-refractivity contribution is -0.131. The number of imide groups is 1. The predicted molar refractivity (Wildman–Crippen MR) is 105 cm³/mol. The van der Waals surface area contributed by atoms with Gasteiger partial charge in [-0.15, -0.1) is 0 Å². The molecule has 2 aromatic carbocycles. The maximum atomic E-state index is 13.2. The molecular formula is C20H21BrN2O4. The number of hydrogen-bond donors (Lipinski definition) is 1. The molecule has 2 aromatic rings. The summed E-state index contributed by atoms with van der Waals surface area (Å²) in [4.78, 5) is 27.0. The normalized spacial score (nSPS) is 19.2. The van der Waals surface area contributed by atoms with Crippen LogP contribution >= 0.6 is 15.9 Å². The smallest absolute Gasteiger partial charge is 0.325 e. The summed E-state index contributed by atoms with van der Waals surface area (Å²) < 4.78 is 11.3. The third-order valence-corrected chi connectivity index (χ3v) is 5.72. The monoisotopic (exact) mass is 432 g/mol. The van der Waals surface area contributed by atoms with Gasteiger partial charge in [-0.2, -0.15) is 0 Å². The number of ether oxygens (including phenoxy) is 2. The second-order valence-corrected chi connectivity index (χ2v) is 7.33. The van der Waals surface area contributed by atoms with Crippen molar-refractivity contribution in [3.63, 3.8) is 0 Å². The number of benzene rings is 2. The molecule has 6 nitrogen and oxygen atoms in total. The van der Waals surface area contributed by atoms with Crippen LogP contribution in [0.5, 0.6) is 11.5 Å². The Morgan fingerprint density at radius 2 is 1.81 bits per heavy atom. The summed E-state index contributed by atoms with van der Waals surface area (Å²) in [5.74, 6) is 0.794. The number of hydrogen-bond acceptors (Lipinski definition) is 4. The molecule has 0 spiro atoms. The Hall–Kier alpha value is -2.54. The van der Waals surface area contributed by atoms with Crippen molar-refractivity contribution in [2.75, 3.05) is 14.2 Å². The average Bonchev–Trinajstić information content (AvgIpc) is 2.87. The van der Waals surface area contributed by atoms with E-state index in [0.29, 0.717) is 16.0 Å². The van der Waals surface area contributed by atoms with Crippen LogP contribution in [0.1, 0.15) is 23.6 Å². The molecule has 1 fully saturated rings. The molecule has 0 aromatic heterocycles. The van der Waals surface area contributed by atoms with Crippen LogP contribution in [0.3, 0.4) is 0 Å². The van der Waals surface area contributed by atoms with Crippen LogP contribution in [-0.4, -0.2) is 31.1 Å². The van der Waals surface area contributed by atoms with Crippen LogP contribution in [0.2, 0.25) is 0 Å². The zero-order valence-corrected chi connectivity index (χ0v) is 17.2. The first-order valence-corrected chi connectivity index (χ1v) is 9.22. The molecule has 142 valence electrons. The van der Waals surface area contributed by atoms with E-state index < -0.39 is 11.6 Å². The van der Waals surface area contributed by atoms with Crippen LogP contribution in [-0.2, 0) is 16.9 Å². The molecule has 1 saturated heterocycles. The number of nitrogens with zero attached hydrogens (tertiary/aromatic N) is 1. The standard InChI is InChI=1S/C20H21BrN2O4/c1-12-7-5-6-8-14(12)20(2)18(24)23(19(25)22-20)11-13-9-10-15(26-3)17(27-4)16(13)21/h5-10H,11H2,1-4H3,(H,22,25). The molecular weight excluding hydrogens is 412 g/mol. The van der Waals surface area contributed by atoms with Gasteiger partial charge in [0.05, 0.1) is 25.2 Å². The first-order chi connectivity index (χ1) is 12.8. The van der Waals surface area contributed by atoms with E-state index in [2.05, 4.69) is 21.2 Å². The number of amides is 3. The lowest BCUT2D eigenvalue weighted by Gasteiger charge is -2.24. The van der Waals surface area contributed by atoms with Gasteiger partial charge in [0.15, 0.2) is 11.5 Å². The molecule has 1 aliphatic heterocycles. The van der Waals surface area contributed by atoms with Crippen molar-refractivity contribution in [3.05, 3.63) is 57.6 Å². The fourth-order valence-electron chi connectivity index (χ4n) is 3.38. The van der Waals surface area contributed by atoms with Gasteiger partial charge in [0.2, 0.25) is 0 Å². The van der Waals surface area contributed by atoms with Gasteiger partial charge in [-0.3, -0.25) is 9.69 Å². The molecule has 1 atom stereocenters. The average molecular weight is 433 g/mol. The SMILES string of the molecule is COc1ccc(CN2C(=O)NC(C)(c3ccccc3C)C2=O)c(Br)c1OC. The third-order valence-electron chi connectivity index (χ3n) is 4.85. The highest BCUT2D eigenvalue weighted by atomic mass is 79.9. The Labute approximate surface area is 166 Å². The molecule has 0 saturated carbocycles. The van der Waals surface area contributed by atoms with Crippen LogP contribution in [0, 0.1) is 6.92 Å². The fourth-order valence-corrected chi connectivity index (χ4v) is 3.99. The molecule has 27 heavy (non-hydrogen) atoms. The summed E-state index contributed by atoms with van der Waals surface area (Å²) in [6.45, 7) is 3.78. The second-order valence-electron chi connectivity index (χ2n) is 6.54. The molecule has 1 aliphatic rings. The van der Waals surface area contributed by atoms with E-state index in [1.54, 1.807) is 26.2 Å². The molecule has 0 aliphatic carbocycles. The number of halogens is 1. The van der Waals surface area contributed by atoms with Crippen molar-refractivity contribution < 1.29 is 19.1 Å². The quantitative estimate of drug-likeness (QED) is 0.730. The topological polar surface area (TPSA) is 67.9 Å². The summed E-state index contributed by atoms with van der Waals surface area (Å²) in [6.07, 6.45) is 0. The van der Waals surface area contributed by atoms with E-state index in [1.165, 1.54) is 12.0 Å². The second kappa shape index (κ2) is 7.23. The number of carbonyl (C=O) groups is 2. The molecule has 1 unspecified atom stereocenters. The number of rotatable bonds is 5. The lowest BCUT2D eigenvalue weighted by atomic mass is 9.88. The largest absolute Gasteiger partial charge is 0.493 e. The zero-order chi connectivity index (χ0) is 19.8. The van der Waals surface area contributed by atoms with E-state index in [4.69, 9.17) is 9.47 Å². The van der Waals surface area contributed by atoms with Crippen molar-refractivity contribution in [1.82, 2.24) is 10.2 Å². The maximum absolute atomic E-state index is 13.2. The van der Waals surface area contributed by atoms with Gasteiger partial charge in [0.25, 0.3) is 5.91 Å². The highest BCUT2D eigenvalue weighted by Gasteiger charge is 2.49. The minimum atomic E-state index is -1.09. The number of methoxy groups -OCH3 is 2. The Bertz CT molecular complexity index is 915. The molecule has 1 heterocycles. The molecule has 0 bridgehead atoms. The summed E-state index contributed by atoms with van der Waals surface area (Å²) in [5.41, 5.74) is 1.39. The van der Waals surface area contributed by atoms with E-state index >= 15 is 0 Å². The van der Waals surface area contributed by atoms with Crippen molar-refractivity contribution >= 4 is 27.9 Å². The van der Waals surface area contributed by atoms with Gasteiger partial charge >= 0.3 is 6.03 Å². The third kappa shape index (κ3) is 3.16. The van der Waals surface area contributed by atoms with Crippen molar-refractivity contribution in [2.24, 2.45) is 0 Å². The first-order valence-electron chi connectivity index (χ1n) is 8.43. The highest BCUT2D eigenvalue weighted by Crippen LogP contribution is 2.39. The highest BCUT2D eigenvalue weighted by molar-refractivity contribution is 9.10. The van der Waals surface area contributed by atoms with Crippen molar-refractivity contribution in [1.29, 1.82) is 0 Å². The molecule has 1 N–H and O–H groups in total. The molecule has 3 rings (SSSR count). The summed E-state index contributed by atoms with van der Waals surface area (Å²) in [7, 11) is 3.09. The fraction of sp³-hybridized carbons (Fsp3) is 0.300. The summed E-state index contributed by atoms with van der Waals surface area (Å²) in [6, 6.07) is 10.7. The number of carbonyl (C=O) groups excluding carboxylic acids is 2. The lowest BCUT2D eigenvalue weighted by Crippen LogP contribution is -2.41. The van der Waals surface area contributed by atoms with E-state index in [9.17, 15) is 9.59 Å². The predicted octanol–water partition coefficient (Wildman–Crippen LogP) is 3.74. The Kier molecular flexibility index (Phi) is 5.15. The summed E-state index contributed by atoms with van der Waals surface area (Å²) >= 11 is 3.49. The van der Waals surface area contributed by atoms with Crippen LogP contribution in [0.4, 0.5) is 4.79 Å². The minimum absolute atomic E-state index is 0.118. The van der Waals surface area contributed by atoms with E-state index in [1.807, 2.05) is 31.2 Å². The van der Waals surface area contributed by atoms with Gasteiger partial charge in [0.1, 0.15) is 5.54 Å². The van der Waals surface area contributed by atoms with Gasteiger partial charge in [-0.25, -0.2) is 4.79 Å². The minimum Gasteiger partial charge on any atom is -0.493 e. The van der Waals surface area contributed by atoms with E-state index in [0.717, 1.165) is 16.7 Å². The molecule has 7 heteroatoms. The number of nitrogens with one attached hydrogen (secondary N) is 1. The maximum Gasteiger partial charge on any atom is 0.325 e. The Morgan fingerprint density at radius 1 is 1.11 bits per heavy atom. The molecule has 0 radical (unpaired) electrons. The van der Waals surface area contributed by atoms with Gasteiger partial charge in [0, 0.05) is 0 Å². The van der Waals surface area contributed by atoms with Gasteiger partial charge in [-0.1, -0.05) is 30.3 Å². The zero-order valence-electron chi connectivity index (χ0n) is 15.6. The van der Waals surface area contributed by atoms with Crippen molar-refractivity contribution in [3.8, 4) is 11.5 Å². The number of urea groups is 1. The van der Waals surface area contributed by atoms with Crippen molar-refractivity contribution in [2.45, 2.75) is 25.9 Å². The Balaban J connectivity index is 1.95.